The molecule has 34 heavy (non-hydrogen) atoms. The van der Waals surface area contributed by atoms with E-state index < -0.39 is 0 Å². The number of benzene rings is 2. The van der Waals surface area contributed by atoms with E-state index in [1.807, 2.05) is 30.5 Å². The first-order valence-corrected chi connectivity index (χ1v) is 11.9. The van der Waals surface area contributed by atoms with Crippen molar-refractivity contribution in [3.8, 4) is 11.3 Å². The highest BCUT2D eigenvalue weighted by Gasteiger charge is 2.42. The SMILES string of the molecule is C=C1CC2C(CCc3cccc4oc(=O)c5ccc[n+]1c5c34)c1ccccc1-c1cccc[n+]12. The zero-order valence-corrected chi connectivity index (χ0v) is 18.8. The molecule has 4 heteroatoms. The standard InChI is InChI=1S/C30H24N2O2/c1-19-18-26-23(21-9-2-3-10-22(21)25-12-4-5-16-32(25)26)15-14-20-8-6-13-27-28(20)29-24(30(33)34-27)11-7-17-31(19)29/h2-13,16-17,23,26H,1,14-15,18H2/q+2. The summed E-state index contributed by atoms with van der Waals surface area (Å²) in [5.74, 6) is 0.347. The van der Waals surface area contributed by atoms with Crippen LogP contribution in [0, 0.1) is 0 Å². The predicted octanol–water partition coefficient (Wildman–Crippen LogP) is 5.33. The van der Waals surface area contributed by atoms with Crippen LogP contribution in [0.15, 0.2) is 101 Å². The first-order chi connectivity index (χ1) is 16.7. The van der Waals surface area contributed by atoms with Crippen LogP contribution in [0.4, 0.5) is 0 Å². The number of aryl methyl sites for hydroxylation is 1. The molecule has 0 saturated heterocycles. The Morgan fingerprint density at radius 1 is 0.912 bits per heavy atom. The van der Waals surface area contributed by atoms with Crippen molar-refractivity contribution in [2.75, 3.05) is 0 Å². The molecule has 0 bridgehead atoms. The maximum Gasteiger partial charge on any atom is 0.350 e. The van der Waals surface area contributed by atoms with Crippen LogP contribution >= 0.6 is 0 Å². The monoisotopic (exact) mass is 444 g/mol. The molecule has 0 amide bonds. The Morgan fingerprint density at radius 2 is 1.79 bits per heavy atom. The first-order valence-electron chi connectivity index (χ1n) is 11.9. The smallest absolute Gasteiger partial charge is 0.350 e. The number of rotatable bonds is 0. The highest BCUT2D eigenvalue weighted by Crippen LogP contribution is 2.43. The van der Waals surface area contributed by atoms with Crippen LogP contribution in [0.2, 0.25) is 0 Å². The summed E-state index contributed by atoms with van der Waals surface area (Å²) in [6.45, 7) is 4.54. The molecule has 0 N–H and O–H groups in total. The van der Waals surface area contributed by atoms with E-state index in [1.165, 1.54) is 22.4 Å². The van der Waals surface area contributed by atoms with Gasteiger partial charge in [0.25, 0.3) is 0 Å². The van der Waals surface area contributed by atoms with E-state index in [0.717, 1.165) is 35.9 Å². The Hall–Kier alpha value is -4.05. The van der Waals surface area contributed by atoms with E-state index in [-0.39, 0.29) is 11.7 Å². The van der Waals surface area contributed by atoms with Crippen LogP contribution in [0.3, 0.4) is 0 Å². The molecule has 2 aliphatic rings. The Morgan fingerprint density at radius 3 is 2.74 bits per heavy atom. The summed E-state index contributed by atoms with van der Waals surface area (Å²) in [5.41, 5.74) is 7.39. The largest absolute Gasteiger partial charge is 0.422 e. The van der Waals surface area contributed by atoms with Crippen LogP contribution in [0.5, 0.6) is 0 Å². The number of allylic oxidation sites excluding steroid dienone is 1. The van der Waals surface area contributed by atoms with Crippen LogP contribution in [0.1, 0.15) is 35.9 Å². The number of pyridine rings is 2. The third-order valence-electron chi connectivity index (χ3n) is 7.62. The summed E-state index contributed by atoms with van der Waals surface area (Å²) in [5, 5.41) is 1.62. The molecule has 5 heterocycles. The van der Waals surface area contributed by atoms with Crippen LogP contribution < -0.4 is 14.8 Å². The van der Waals surface area contributed by atoms with Gasteiger partial charge in [-0.3, -0.25) is 0 Å². The third-order valence-corrected chi connectivity index (χ3v) is 7.62. The van der Waals surface area contributed by atoms with Crippen molar-refractivity contribution >= 4 is 27.6 Å². The predicted molar refractivity (Wildman–Crippen MR) is 132 cm³/mol. The van der Waals surface area contributed by atoms with E-state index in [0.29, 0.717) is 16.9 Å². The Kier molecular flexibility index (Phi) is 4.13. The van der Waals surface area contributed by atoms with Crippen molar-refractivity contribution in [2.24, 2.45) is 0 Å². The first kappa shape index (κ1) is 19.4. The number of aromatic nitrogens is 2. The molecule has 0 fully saturated rings. The van der Waals surface area contributed by atoms with Crippen LogP contribution in [0.25, 0.3) is 38.8 Å². The maximum absolute atomic E-state index is 12.9. The Bertz CT molecular complexity index is 1700. The van der Waals surface area contributed by atoms with Gasteiger partial charge in [-0.05, 0) is 54.8 Å². The van der Waals surface area contributed by atoms with Gasteiger partial charge in [0, 0.05) is 29.7 Å². The van der Waals surface area contributed by atoms with Gasteiger partial charge in [0.15, 0.2) is 24.1 Å². The second-order valence-corrected chi connectivity index (χ2v) is 9.38. The van der Waals surface area contributed by atoms with E-state index in [9.17, 15) is 4.79 Å². The minimum absolute atomic E-state index is 0.238. The Balaban J connectivity index is 1.53. The minimum Gasteiger partial charge on any atom is -0.422 e. The molecule has 0 saturated carbocycles. The second-order valence-electron chi connectivity index (χ2n) is 9.38. The van der Waals surface area contributed by atoms with Gasteiger partial charge in [0.05, 0.1) is 11.8 Å². The summed E-state index contributed by atoms with van der Waals surface area (Å²) >= 11 is 0. The van der Waals surface area contributed by atoms with E-state index in [1.54, 1.807) is 0 Å². The summed E-state index contributed by atoms with van der Waals surface area (Å²) in [6, 6.07) is 25.3. The molecule has 2 unspecified atom stereocenters. The quantitative estimate of drug-likeness (QED) is 0.184. The van der Waals surface area contributed by atoms with Gasteiger partial charge in [-0.1, -0.05) is 30.3 Å². The van der Waals surface area contributed by atoms with Crippen LogP contribution in [-0.2, 0) is 6.42 Å². The molecule has 3 aromatic heterocycles. The fraction of sp³-hybridized carbons (Fsp3) is 0.167. The van der Waals surface area contributed by atoms with E-state index in [4.69, 9.17) is 4.42 Å². The number of hydrogen-bond acceptors (Lipinski definition) is 2. The van der Waals surface area contributed by atoms with Crippen molar-refractivity contribution in [1.29, 1.82) is 0 Å². The average Bonchev–Trinajstić information content (AvgIpc) is 2.87. The average molecular weight is 445 g/mol. The molecule has 7 rings (SSSR count). The normalized spacial score (nSPS) is 19.0. The highest BCUT2D eigenvalue weighted by atomic mass is 16.4. The van der Waals surface area contributed by atoms with Crippen LogP contribution in [-0.4, -0.2) is 0 Å². The second kappa shape index (κ2) is 7.22. The number of hydrogen-bond donors (Lipinski definition) is 0. The zero-order valence-electron chi connectivity index (χ0n) is 18.8. The highest BCUT2D eigenvalue weighted by molar-refractivity contribution is 6.02. The van der Waals surface area contributed by atoms with Gasteiger partial charge in [-0.2, -0.15) is 9.13 Å². The lowest BCUT2D eigenvalue weighted by Gasteiger charge is -2.31. The fourth-order valence-corrected chi connectivity index (χ4v) is 6.15. The zero-order chi connectivity index (χ0) is 22.8. The molecule has 0 radical (unpaired) electrons. The van der Waals surface area contributed by atoms with Crippen molar-refractivity contribution < 1.29 is 13.6 Å². The fourth-order valence-electron chi connectivity index (χ4n) is 6.15. The van der Waals surface area contributed by atoms with Gasteiger partial charge in [0.1, 0.15) is 11.0 Å². The molecular weight excluding hydrogens is 420 g/mol. The van der Waals surface area contributed by atoms with Gasteiger partial charge in [-0.25, -0.2) is 4.79 Å². The molecule has 2 aliphatic heterocycles. The molecule has 2 aromatic carbocycles. The minimum atomic E-state index is -0.303. The molecule has 5 aromatic rings. The molecule has 0 spiro atoms. The topological polar surface area (TPSA) is 38.0 Å². The van der Waals surface area contributed by atoms with Gasteiger partial charge < -0.3 is 4.42 Å². The van der Waals surface area contributed by atoms with E-state index in [2.05, 4.69) is 70.4 Å². The number of nitrogens with zero attached hydrogens (tertiary/aromatic N) is 2. The lowest BCUT2D eigenvalue weighted by atomic mass is 9.77. The van der Waals surface area contributed by atoms with E-state index >= 15 is 0 Å². The van der Waals surface area contributed by atoms with Gasteiger partial charge in [0.2, 0.25) is 11.2 Å². The van der Waals surface area contributed by atoms with Gasteiger partial charge >= 0.3 is 5.63 Å². The lowest BCUT2D eigenvalue weighted by molar-refractivity contribution is -0.720. The summed E-state index contributed by atoms with van der Waals surface area (Å²) < 4.78 is 10.3. The Labute approximate surface area is 197 Å². The molecule has 4 nitrogen and oxygen atoms in total. The maximum atomic E-state index is 12.9. The summed E-state index contributed by atoms with van der Waals surface area (Å²) in [4.78, 5) is 12.9. The molecule has 2 atom stereocenters. The van der Waals surface area contributed by atoms with Crippen molar-refractivity contribution in [2.45, 2.75) is 31.2 Å². The molecule has 0 aliphatic carbocycles. The molecule has 164 valence electrons. The van der Waals surface area contributed by atoms with Crippen molar-refractivity contribution in [3.63, 3.8) is 0 Å². The third kappa shape index (κ3) is 2.69. The number of fused-ring (bicyclic) bond motifs is 6. The summed E-state index contributed by atoms with van der Waals surface area (Å²) in [6.07, 6.45) is 6.93. The molecular formula is C30H24N2O2+2. The lowest BCUT2D eigenvalue weighted by Crippen LogP contribution is -2.49. The van der Waals surface area contributed by atoms with Crippen molar-refractivity contribution in [1.82, 2.24) is 0 Å². The van der Waals surface area contributed by atoms with Gasteiger partial charge in [-0.15, -0.1) is 0 Å². The summed E-state index contributed by atoms with van der Waals surface area (Å²) in [7, 11) is 0. The van der Waals surface area contributed by atoms with Crippen molar-refractivity contribution in [3.05, 3.63) is 113 Å².